The topological polar surface area (TPSA) is 52.0 Å². The maximum absolute atomic E-state index is 12.5. The monoisotopic (exact) mass is 256 g/mol. The lowest BCUT2D eigenvalue weighted by Gasteiger charge is -2.04. The van der Waals surface area contributed by atoms with E-state index in [1.165, 1.54) is 6.07 Å². The lowest BCUT2D eigenvalue weighted by molar-refractivity contribution is -0.137. The maximum atomic E-state index is 12.5. The standard InChI is InChI=1S/C12H11F3N2O/c13-12(14,15)7-3-4-9-8(5-7)17-11(18-9)10(16)6-1-2-6/h3-6,10H,1-2,16H2. The molecule has 0 saturated heterocycles. The number of nitrogens with two attached hydrogens (primary N) is 1. The van der Waals surface area contributed by atoms with Gasteiger partial charge in [-0.15, -0.1) is 0 Å². The van der Waals surface area contributed by atoms with Crippen LogP contribution in [0.1, 0.15) is 30.3 Å². The van der Waals surface area contributed by atoms with Crippen molar-refractivity contribution in [2.75, 3.05) is 0 Å². The number of alkyl halides is 3. The number of rotatable bonds is 2. The van der Waals surface area contributed by atoms with E-state index in [-0.39, 0.29) is 11.6 Å². The van der Waals surface area contributed by atoms with Crippen molar-refractivity contribution in [2.45, 2.75) is 25.1 Å². The molecule has 3 nitrogen and oxygen atoms in total. The first kappa shape index (κ1) is 11.5. The molecule has 1 atom stereocenters. The molecular formula is C12H11F3N2O. The molecule has 1 heterocycles. The van der Waals surface area contributed by atoms with Gasteiger partial charge in [0.15, 0.2) is 5.58 Å². The summed E-state index contributed by atoms with van der Waals surface area (Å²) in [5.74, 6) is 0.673. The third kappa shape index (κ3) is 1.96. The maximum Gasteiger partial charge on any atom is 0.416 e. The Morgan fingerprint density at radius 3 is 2.67 bits per heavy atom. The number of oxazole rings is 1. The molecule has 1 aliphatic rings. The smallest absolute Gasteiger partial charge is 0.416 e. The lowest BCUT2D eigenvalue weighted by atomic mass is 10.2. The highest BCUT2D eigenvalue weighted by molar-refractivity contribution is 5.73. The van der Waals surface area contributed by atoms with Crippen LogP contribution in [0.25, 0.3) is 11.1 Å². The van der Waals surface area contributed by atoms with Crippen molar-refractivity contribution in [3.63, 3.8) is 0 Å². The third-order valence-corrected chi connectivity index (χ3v) is 3.15. The number of hydrogen-bond acceptors (Lipinski definition) is 3. The zero-order chi connectivity index (χ0) is 12.9. The Labute approximate surface area is 101 Å². The van der Waals surface area contributed by atoms with E-state index in [2.05, 4.69) is 4.98 Å². The van der Waals surface area contributed by atoms with Crippen molar-refractivity contribution in [2.24, 2.45) is 11.7 Å². The number of hydrogen-bond donors (Lipinski definition) is 1. The average molecular weight is 256 g/mol. The Balaban J connectivity index is 2.01. The highest BCUT2D eigenvalue weighted by atomic mass is 19.4. The minimum absolute atomic E-state index is 0.205. The molecule has 1 aromatic carbocycles. The van der Waals surface area contributed by atoms with Crippen molar-refractivity contribution in [1.82, 2.24) is 4.98 Å². The van der Waals surface area contributed by atoms with Gasteiger partial charge in [0.05, 0.1) is 11.6 Å². The lowest BCUT2D eigenvalue weighted by Crippen LogP contribution is -2.12. The van der Waals surface area contributed by atoms with Gasteiger partial charge in [0.2, 0.25) is 5.89 Å². The summed E-state index contributed by atoms with van der Waals surface area (Å²) >= 11 is 0. The van der Waals surface area contributed by atoms with E-state index < -0.39 is 11.7 Å². The number of benzene rings is 1. The molecule has 1 fully saturated rings. The molecule has 0 radical (unpaired) electrons. The molecule has 0 amide bonds. The summed E-state index contributed by atoms with van der Waals surface area (Å²) in [6, 6.07) is 2.95. The van der Waals surface area contributed by atoms with Crippen molar-refractivity contribution < 1.29 is 17.6 Å². The molecule has 1 unspecified atom stereocenters. The first-order valence-electron chi connectivity index (χ1n) is 5.68. The molecule has 1 aliphatic carbocycles. The molecule has 2 N–H and O–H groups in total. The van der Waals surface area contributed by atoms with E-state index in [4.69, 9.17) is 10.2 Å². The van der Waals surface area contributed by atoms with Crippen LogP contribution >= 0.6 is 0 Å². The van der Waals surface area contributed by atoms with E-state index in [0.29, 0.717) is 17.4 Å². The summed E-state index contributed by atoms with van der Waals surface area (Å²) in [6.07, 6.45) is -2.33. The molecule has 0 aliphatic heterocycles. The van der Waals surface area contributed by atoms with Crippen LogP contribution in [0.15, 0.2) is 22.6 Å². The van der Waals surface area contributed by atoms with Crippen molar-refractivity contribution in [1.29, 1.82) is 0 Å². The van der Waals surface area contributed by atoms with Gasteiger partial charge in [-0.1, -0.05) is 0 Å². The van der Waals surface area contributed by atoms with Crippen LogP contribution in [-0.4, -0.2) is 4.98 Å². The van der Waals surface area contributed by atoms with Gasteiger partial charge in [0.1, 0.15) is 5.52 Å². The molecule has 3 rings (SSSR count). The Bertz CT molecular complexity index is 587. The number of nitrogens with zero attached hydrogens (tertiary/aromatic N) is 1. The molecule has 0 spiro atoms. The fourth-order valence-electron chi connectivity index (χ4n) is 1.92. The van der Waals surface area contributed by atoms with E-state index in [1.807, 2.05) is 0 Å². The number of aromatic nitrogens is 1. The molecule has 6 heteroatoms. The van der Waals surface area contributed by atoms with E-state index in [9.17, 15) is 13.2 Å². The van der Waals surface area contributed by atoms with Gasteiger partial charge in [0, 0.05) is 0 Å². The Hall–Kier alpha value is -1.56. The van der Waals surface area contributed by atoms with Crippen LogP contribution in [0.4, 0.5) is 13.2 Å². The van der Waals surface area contributed by atoms with Crippen LogP contribution in [0.5, 0.6) is 0 Å². The largest absolute Gasteiger partial charge is 0.439 e. The normalized spacial score (nSPS) is 18.2. The predicted octanol–water partition coefficient (Wildman–Crippen LogP) is 3.26. The SMILES string of the molecule is NC(c1nc2cc(C(F)(F)F)ccc2o1)C1CC1. The summed E-state index contributed by atoms with van der Waals surface area (Å²) in [5.41, 5.74) is 5.73. The van der Waals surface area contributed by atoms with Crippen molar-refractivity contribution in [3.05, 3.63) is 29.7 Å². The predicted molar refractivity (Wildman–Crippen MR) is 58.7 cm³/mol. The first-order valence-corrected chi connectivity index (χ1v) is 5.68. The zero-order valence-corrected chi connectivity index (χ0v) is 9.37. The Kier molecular flexibility index (Phi) is 2.38. The van der Waals surface area contributed by atoms with Gasteiger partial charge in [-0.05, 0) is 37.0 Å². The van der Waals surface area contributed by atoms with Crippen LogP contribution in [-0.2, 0) is 6.18 Å². The second kappa shape index (κ2) is 3.71. The second-order valence-corrected chi connectivity index (χ2v) is 4.60. The summed E-state index contributed by atoms with van der Waals surface area (Å²) in [5, 5.41) is 0. The molecule has 96 valence electrons. The third-order valence-electron chi connectivity index (χ3n) is 3.15. The number of halogens is 3. The quantitative estimate of drug-likeness (QED) is 0.897. The summed E-state index contributed by atoms with van der Waals surface area (Å²) in [7, 11) is 0. The zero-order valence-electron chi connectivity index (χ0n) is 9.37. The first-order chi connectivity index (χ1) is 8.45. The van der Waals surface area contributed by atoms with Gasteiger partial charge in [-0.3, -0.25) is 0 Å². The van der Waals surface area contributed by atoms with Crippen LogP contribution in [0.2, 0.25) is 0 Å². The Morgan fingerprint density at radius 1 is 1.33 bits per heavy atom. The molecular weight excluding hydrogens is 245 g/mol. The highest BCUT2D eigenvalue weighted by Crippen LogP contribution is 2.40. The van der Waals surface area contributed by atoms with Crippen LogP contribution in [0.3, 0.4) is 0 Å². The van der Waals surface area contributed by atoms with Crippen molar-refractivity contribution >= 4 is 11.1 Å². The minimum atomic E-state index is -4.37. The second-order valence-electron chi connectivity index (χ2n) is 4.60. The molecule has 1 saturated carbocycles. The van der Waals surface area contributed by atoms with Gasteiger partial charge in [0.25, 0.3) is 0 Å². The van der Waals surface area contributed by atoms with E-state index in [1.54, 1.807) is 0 Å². The summed E-state index contributed by atoms with van der Waals surface area (Å²) in [6.45, 7) is 0. The van der Waals surface area contributed by atoms with Crippen molar-refractivity contribution in [3.8, 4) is 0 Å². The summed E-state index contributed by atoms with van der Waals surface area (Å²) in [4.78, 5) is 4.06. The summed E-state index contributed by atoms with van der Waals surface area (Å²) < 4.78 is 43.0. The average Bonchev–Trinajstić information content (AvgIpc) is 3.05. The minimum Gasteiger partial charge on any atom is -0.439 e. The molecule has 1 aromatic heterocycles. The fraction of sp³-hybridized carbons (Fsp3) is 0.417. The number of fused-ring (bicyclic) bond motifs is 1. The fourth-order valence-corrected chi connectivity index (χ4v) is 1.92. The van der Waals surface area contributed by atoms with E-state index >= 15 is 0 Å². The highest BCUT2D eigenvalue weighted by Gasteiger charge is 2.34. The van der Waals surface area contributed by atoms with Crippen LogP contribution < -0.4 is 5.73 Å². The molecule has 18 heavy (non-hydrogen) atoms. The van der Waals surface area contributed by atoms with Gasteiger partial charge < -0.3 is 10.2 Å². The van der Waals surface area contributed by atoms with Crippen LogP contribution in [0, 0.1) is 5.92 Å². The van der Waals surface area contributed by atoms with Gasteiger partial charge >= 0.3 is 6.18 Å². The molecule has 0 bridgehead atoms. The van der Waals surface area contributed by atoms with Gasteiger partial charge in [-0.25, -0.2) is 4.98 Å². The van der Waals surface area contributed by atoms with Gasteiger partial charge in [-0.2, -0.15) is 13.2 Å². The molecule has 2 aromatic rings. The Morgan fingerprint density at radius 2 is 2.06 bits per heavy atom. The van der Waals surface area contributed by atoms with E-state index in [0.717, 1.165) is 25.0 Å².